The summed E-state index contributed by atoms with van der Waals surface area (Å²) >= 11 is 12.0. The molecule has 0 atom stereocenters. The number of pyridine rings is 1. The fourth-order valence-electron chi connectivity index (χ4n) is 1.66. The van der Waals surface area contributed by atoms with Crippen LogP contribution in [-0.2, 0) is 6.42 Å². The van der Waals surface area contributed by atoms with E-state index >= 15 is 0 Å². The molecule has 0 spiro atoms. The first-order valence-corrected chi connectivity index (χ1v) is 6.81. The second kappa shape index (κ2) is 6.79. The molecule has 1 aromatic heterocycles. The summed E-state index contributed by atoms with van der Waals surface area (Å²) in [5.41, 5.74) is 1.03. The molecule has 4 nitrogen and oxygen atoms in total. The van der Waals surface area contributed by atoms with Crippen molar-refractivity contribution < 1.29 is 9.84 Å². The van der Waals surface area contributed by atoms with Crippen molar-refractivity contribution in [2.24, 2.45) is 0 Å². The van der Waals surface area contributed by atoms with Gasteiger partial charge >= 0.3 is 0 Å². The zero-order valence-corrected chi connectivity index (χ0v) is 12.4. The van der Waals surface area contributed by atoms with Crippen LogP contribution in [0, 0.1) is 0 Å². The summed E-state index contributed by atoms with van der Waals surface area (Å²) in [6, 6.07) is 8.95. The first-order chi connectivity index (χ1) is 9.63. The van der Waals surface area contributed by atoms with Gasteiger partial charge in [-0.3, -0.25) is 0 Å². The number of aromatic nitrogens is 1. The Kier molecular flexibility index (Phi) is 5.06. The minimum Gasteiger partial charge on any atom is -0.437 e. The molecule has 1 heterocycles. The Morgan fingerprint density at radius 3 is 2.50 bits per heavy atom. The molecule has 0 radical (unpaired) electrons. The largest absolute Gasteiger partial charge is 0.437 e. The lowest BCUT2D eigenvalue weighted by molar-refractivity contribution is 0.299. The number of anilines is 1. The van der Waals surface area contributed by atoms with E-state index in [9.17, 15) is 0 Å². The number of aliphatic hydroxyl groups excluding tert-OH is 1. The van der Waals surface area contributed by atoms with E-state index < -0.39 is 0 Å². The van der Waals surface area contributed by atoms with Crippen LogP contribution in [0.15, 0.2) is 30.3 Å². The number of hydrogen-bond acceptors (Lipinski definition) is 4. The highest BCUT2D eigenvalue weighted by Gasteiger charge is 2.10. The van der Waals surface area contributed by atoms with E-state index in [0.29, 0.717) is 28.0 Å². The predicted octanol–water partition coefficient (Wildman–Crippen LogP) is 3.76. The van der Waals surface area contributed by atoms with Gasteiger partial charge in [0.2, 0.25) is 5.88 Å². The number of benzene rings is 1. The van der Waals surface area contributed by atoms with Crippen LogP contribution in [0.2, 0.25) is 10.0 Å². The number of hydrogen-bond donors (Lipinski definition) is 2. The van der Waals surface area contributed by atoms with E-state index in [0.717, 1.165) is 5.56 Å². The third-order valence-electron chi connectivity index (χ3n) is 2.67. The Bertz CT molecular complexity index is 588. The molecule has 0 aliphatic carbocycles. The molecule has 106 valence electrons. The van der Waals surface area contributed by atoms with Crippen LogP contribution in [0.3, 0.4) is 0 Å². The normalized spacial score (nSPS) is 10.4. The molecule has 0 saturated carbocycles. The summed E-state index contributed by atoms with van der Waals surface area (Å²) < 4.78 is 5.64. The average molecular weight is 313 g/mol. The summed E-state index contributed by atoms with van der Waals surface area (Å²) in [4.78, 5) is 4.21. The second-order valence-electron chi connectivity index (χ2n) is 4.08. The van der Waals surface area contributed by atoms with Crippen LogP contribution in [0.25, 0.3) is 0 Å². The lowest BCUT2D eigenvalue weighted by Crippen LogP contribution is -1.97. The maximum atomic E-state index is 8.87. The van der Waals surface area contributed by atoms with Gasteiger partial charge in [0, 0.05) is 13.7 Å². The van der Waals surface area contributed by atoms with E-state index in [1.54, 1.807) is 25.2 Å². The van der Waals surface area contributed by atoms with Crippen molar-refractivity contribution in [3.63, 3.8) is 0 Å². The molecule has 0 bridgehead atoms. The van der Waals surface area contributed by atoms with Gasteiger partial charge in [-0.1, -0.05) is 35.3 Å². The zero-order valence-electron chi connectivity index (χ0n) is 10.9. The van der Waals surface area contributed by atoms with Gasteiger partial charge in [-0.2, -0.15) is 4.98 Å². The topological polar surface area (TPSA) is 54.4 Å². The fourth-order valence-corrected chi connectivity index (χ4v) is 2.15. The van der Waals surface area contributed by atoms with Crippen molar-refractivity contribution in [1.29, 1.82) is 0 Å². The molecule has 2 rings (SSSR count). The van der Waals surface area contributed by atoms with E-state index in [-0.39, 0.29) is 12.5 Å². The summed E-state index contributed by atoms with van der Waals surface area (Å²) in [5, 5.41) is 12.5. The van der Waals surface area contributed by atoms with Crippen molar-refractivity contribution >= 4 is 29.0 Å². The number of aliphatic hydroxyl groups is 1. The third-order valence-corrected chi connectivity index (χ3v) is 3.23. The highest BCUT2D eigenvalue weighted by atomic mass is 35.5. The van der Waals surface area contributed by atoms with Crippen molar-refractivity contribution in [3.05, 3.63) is 45.9 Å². The number of nitrogens with one attached hydrogen (secondary N) is 1. The predicted molar refractivity (Wildman–Crippen MR) is 81.1 cm³/mol. The maximum absolute atomic E-state index is 8.87. The van der Waals surface area contributed by atoms with E-state index in [1.165, 1.54) is 0 Å². The molecule has 2 aromatic rings. The summed E-state index contributed by atoms with van der Waals surface area (Å²) in [7, 11) is 1.72. The Morgan fingerprint density at radius 2 is 1.90 bits per heavy atom. The van der Waals surface area contributed by atoms with Gasteiger partial charge in [-0.15, -0.1) is 0 Å². The molecule has 6 heteroatoms. The van der Waals surface area contributed by atoms with E-state index in [4.69, 9.17) is 33.0 Å². The summed E-state index contributed by atoms with van der Waals surface area (Å²) in [6.45, 7) is 0.121. The Balaban J connectivity index is 2.21. The molecule has 0 aliphatic heterocycles. The SMILES string of the molecule is CNc1nc(Oc2ccc(CCO)cc2)c(Cl)cc1Cl. The Hall–Kier alpha value is -1.49. The monoisotopic (exact) mass is 312 g/mol. The lowest BCUT2D eigenvalue weighted by Gasteiger charge is -2.10. The van der Waals surface area contributed by atoms with Crippen LogP contribution in [0.1, 0.15) is 5.56 Å². The molecular weight excluding hydrogens is 299 g/mol. The number of halogens is 2. The van der Waals surface area contributed by atoms with Crippen LogP contribution in [0.4, 0.5) is 5.82 Å². The summed E-state index contributed by atoms with van der Waals surface area (Å²) in [6.07, 6.45) is 0.615. The molecule has 0 unspecified atom stereocenters. The van der Waals surface area contributed by atoms with Crippen molar-refractivity contribution in [2.75, 3.05) is 19.0 Å². The average Bonchev–Trinajstić information content (AvgIpc) is 2.44. The van der Waals surface area contributed by atoms with Gasteiger partial charge in [0.1, 0.15) is 16.6 Å². The van der Waals surface area contributed by atoms with Gasteiger partial charge in [-0.25, -0.2) is 0 Å². The smallest absolute Gasteiger partial charge is 0.240 e. The van der Waals surface area contributed by atoms with Crippen molar-refractivity contribution in [3.8, 4) is 11.6 Å². The van der Waals surface area contributed by atoms with Crippen LogP contribution < -0.4 is 10.1 Å². The first-order valence-electron chi connectivity index (χ1n) is 6.05. The van der Waals surface area contributed by atoms with Gasteiger partial charge in [0.15, 0.2) is 0 Å². The summed E-state index contributed by atoms with van der Waals surface area (Å²) in [5.74, 6) is 1.41. The molecule has 0 fully saturated rings. The molecule has 0 aliphatic rings. The lowest BCUT2D eigenvalue weighted by atomic mass is 10.1. The number of ether oxygens (including phenoxy) is 1. The second-order valence-corrected chi connectivity index (χ2v) is 4.89. The van der Waals surface area contributed by atoms with Crippen LogP contribution in [-0.4, -0.2) is 23.7 Å². The van der Waals surface area contributed by atoms with Gasteiger partial charge in [0.25, 0.3) is 0 Å². The molecule has 1 aromatic carbocycles. The quantitative estimate of drug-likeness (QED) is 0.882. The molecule has 0 amide bonds. The van der Waals surface area contributed by atoms with E-state index in [1.807, 2.05) is 12.1 Å². The fraction of sp³-hybridized carbons (Fsp3) is 0.214. The van der Waals surface area contributed by atoms with Gasteiger partial charge in [-0.05, 0) is 30.2 Å². The van der Waals surface area contributed by atoms with E-state index in [2.05, 4.69) is 10.3 Å². The minimum atomic E-state index is 0.121. The van der Waals surface area contributed by atoms with Gasteiger partial charge in [0.05, 0.1) is 5.02 Å². The molecule has 2 N–H and O–H groups in total. The molecule has 0 saturated heterocycles. The van der Waals surface area contributed by atoms with Crippen LogP contribution in [0.5, 0.6) is 11.6 Å². The highest BCUT2D eigenvalue weighted by Crippen LogP contribution is 2.33. The van der Waals surface area contributed by atoms with Gasteiger partial charge < -0.3 is 15.2 Å². The van der Waals surface area contributed by atoms with Crippen molar-refractivity contribution in [1.82, 2.24) is 4.98 Å². The Labute approximate surface area is 127 Å². The standard InChI is InChI=1S/C14H14Cl2N2O2/c1-17-13-11(15)8-12(16)14(18-13)20-10-4-2-9(3-5-10)6-7-19/h2-5,8,19H,6-7H2,1H3,(H,17,18). The van der Waals surface area contributed by atoms with Crippen molar-refractivity contribution in [2.45, 2.75) is 6.42 Å². The zero-order chi connectivity index (χ0) is 14.5. The highest BCUT2D eigenvalue weighted by molar-refractivity contribution is 6.36. The maximum Gasteiger partial charge on any atom is 0.240 e. The van der Waals surface area contributed by atoms with Crippen LogP contribution >= 0.6 is 23.2 Å². The number of rotatable bonds is 5. The minimum absolute atomic E-state index is 0.121. The molecule has 20 heavy (non-hydrogen) atoms. The Morgan fingerprint density at radius 1 is 1.20 bits per heavy atom. The third kappa shape index (κ3) is 3.54. The first kappa shape index (κ1) is 14.9. The number of nitrogens with zero attached hydrogens (tertiary/aromatic N) is 1. The molecular formula is C14H14Cl2N2O2.